The minimum atomic E-state index is 0.430. The van der Waals surface area contributed by atoms with E-state index in [0.29, 0.717) is 30.0 Å². The molecule has 1 heterocycles. The van der Waals surface area contributed by atoms with E-state index >= 15 is 0 Å². The second-order valence-corrected chi connectivity index (χ2v) is 3.74. The Labute approximate surface area is 106 Å². The molecule has 0 aromatic carbocycles. The number of nitrogens with one attached hydrogen (secondary N) is 1. The molecular weight excluding hydrogens is 240 g/mol. The first-order valence-electron chi connectivity index (χ1n) is 5.51. The maximum Gasteiger partial charge on any atom is 0.232 e. The van der Waals surface area contributed by atoms with Gasteiger partial charge in [-0.15, -0.1) is 0 Å². The molecule has 0 aliphatic heterocycles. The molecule has 17 heavy (non-hydrogen) atoms. The zero-order valence-electron chi connectivity index (χ0n) is 9.82. The number of nitrogens with two attached hydrogens (primary N) is 1. The Morgan fingerprint density at radius 3 is 3.18 bits per heavy atom. The van der Waals surface area contributed by atoms with Gasteiger partial charge in [-0.05, 0) is 18.6 Å². The molecule has 0 aliphatic rings. The highest BCUT2D eigenvalue weighted by Crippen LogP contribution is 2.19. The molecule has 6 heteroatoms. The van der Waals surface area contributed by atoms with Gasteiger partial charge in [0.2, 0.25) is 5.88 Å². The van der Waals surface area contributed by atoms with E-state index in [1.807, 2.05) is 6.92 Å². The number of rotatable bonds is 6. The van der Waals surface area contributed by atoms with Gasteiger partial charge in [0.1, 0.15) is 11.6 Å². The van der Waals surface area contributed by atoms with Gasteiger partial charge in [0, 0.05) is 12.7 Å². The molecule has 94 valence electrons. The minimum Gasteiger partial charge on any atom is -0.475 e. The summed E-state index contributed by atoms with van der Waals surface area (Å²) >= 11 is 5.88. The van der Waals surface area contributed by atoms with Crippen molar-refractivity contribution in [1.82, 2.24) is 10.3 Å². The van der Waals surface area contributed by atoms with Crippen molar-refractivity contribution in [2.45, 2.75) is 13.3 Å². The van der Waals surface area contributed by atoms with Crippen LogP contribution < -0.4 is 15.8 Å². The Bertz CT molecular complexity index is 370. The third-order valence-corrected chi connectivity index (χ3v) is 2.17. The Hall–Kier alpha value is -1.49. The molecule has 3 N–H and O–H groups in total. The molecule has 1 aromatic rings. The fourth-order valence-corrected chi connectivity index (χ4v) is 1.27. The van der Waals surface area contributed by atoms with Crippen molar-refractivity contribution in [3.05, 3.63) is 23.4 Å². The van der Waals surface area contributed by atoms with Crippen LogP contribution in [0.15, 0.2) is 23.3 Å². The Morgan fingerprint density at radius 2 is 2.47 bits per heavy atom. The molecule has 0 atom stereocenters. The van der Waals surface area contributed by atoms with Crippen molar-refractivity contribution in [1.29, 1.82) is 0 Å². The van der Waals surface area contributed by atoms with Crippen molar-refractivity contribution >= 4 is 17.6 Å². The topological polar surface area (TPSA) is 72.5 Å². The van der Waals surface area contributed by atoms with Gasteiger partial charge in [-0.2, -0.15) is 0 Å². The number of pyridine rings is 1. The molecule has 0 saturated heterocycles. The fourth-order valence-electron chi connectivity index (χ4n) is 1.09. The van der Waals surface area contributed by atoms with Crippen molar-refractivity contribution in [2.75, 3.05) is 19.7 Å². The van der Waals surface area contributed by atoms with E-state index in [-0.39, 0.29) is 0 Å². The van der Waals surface area contributed by atoms with Gasteiger partial charge >= 0.3 is 0 Å². The second-order valence-electron chi connectivity index (χ2n) is 3.33. The summed E-state index contributed by atoms with van der Waals surface area (Å²) in [5, 5.41) is 3.44. The molecule has 0 bridgehead atoms. The summed E-state index contributed by atoms with van der Waals surface area (Å²) in [6.07, 6.45) is 2.61. The van der Waals surface area contributed by atoms with Gasteiger partial charge in [-0.3, -0.25) is 4.99 Å². The monoisotopic (exact) mass is 256 g/mol. The molecule has 0 radical (unpaired) electrons. The van der Waals surface area contributed by atoms with Crippen LogP contribution in [-0.2, 0) is 0 Å². The quantitative estimate of drug-likeness (QED) is 0.459. The van der Waals surface area contributed by atoms with Crippen molar-refractivity contribution in [3.8, 4) is 5.88 Å². The Morgan fingerprint density at radius 1 is 1.65 bits per heavy atom. The third kappa shape index (κ3) is 5.40. The van der Waals surface area contributed by atoms with Gasteiger partial charge in [0.25, 0.3) is 0 Å². The lowest BCUT2D eigenvalue weighted by Gasteiger charge is -2.08. The predicted molar refractivity (Wildman–Crippen MR) is 69.5 cm³/mol. The van der Waals surface area contributed by atoms with Crippen LogP contribution in [0, 0.1) is 0 Å². The van der Waals surface area contributed by atoms with E-state index < -0.39 is 0 Å². The van der Waals surface area contributed by atoms with Crippen molar-refractivity contribution in [3.63, 3.8) is 0 Å². The van der Waals surface area contributed by atoms with E-state index in [1.165, 1.54) is 0 Å². The van der Waals surface area contributed by atoms with Gasteiger partial charge in [-0.1, -0.05) is 18.5 Å². The second kappa shape index (κ2) is 7.73. The largest absolute Gasteiger partial charge is 0.475 e. The van der Waals surface area contributed by atoms with Crippen LogP contribution in [0.5, 0.6) is 5.88 Å². The number of hydrogen-bond donors (Lipinski definition) is 2. The van der Waals surface area contributed by atoms with Crippen LogP contribution in [0.1, 0.15) is 13.3 Å². The Balaban J connectivity index is 2.23. The lowest BCUT2D eigenvalue weighted by molar-refractivity contribution is 0.310. The molecule has 1 aromatic heterocycles. The number of halogens is 1. The maximum atomic E-state index is 5.88. The van der Waals surface area contributed by atoms with Crippen molar-refractivity contribution < 1.29 is 4.74 Å². The van der Waals surface area contributed by atoms with Crippen LogP contribution in [0.25, 0.3) is 0 Å². The van der Waals surface area contributed by atoms with E-state index in [2.05, 4.69) is 15.3 Å². The van der Waals surface area contributed by atoms with Crippen LogP contribution in [0.2, 0.25) is 5.02 Å². The van der Waals surface area contributed by atoms with Gasteiger partial charge in [0.15, 0.2) is 5.96 Å². The van der Waals surface area contributed by atoms with Crippen molar-refractivity contribution in [2.24, 2.45) is 10.7 Å². The maximum absolute atomic E-state index is 5.88. The molecule has 0 amide bonds. The number of guanidine groups is 1. The predicted octanol–water partition coefficient (Wildman–Crippen LogP) is 1.43. The number of ether oxygens (including phenoxy) is 1. The summed E-state index contributed by atoms with van der Waals surface area (Å²) < 4.78 is 5.38. The first kappa shape index (κ1) is 13.6. The zero-order chi connectivity index (χ0) is 12.5. The summed E-state index contributed by atoms with van der Waals surface area (Å²) in [4.78, 5) is 8.09. The molecule has 0 saturated carbocycles. The lowest BCUT2D eigenvalue weighted by atomic mass is 10.5. The van der Waals surface area contributed by atoms with Crippen LogP contribution in [-0.4, -0.2) is 30.6 Å². The molecule has 1 rings (SSSR count). The molecule has 0 fully saturated rings. The number of nitrogens with zero attached hydrogens (tertiary/aromatic N) is 2. The van der Waals surface area contributed by atoms with Gasteiger partial charge < -0.3 is 15.8 Å². The smallest absolute Gasteiger partial charge is 0.232 e. The summed E-state index contributed by atoms with van der Waals surface area (Å²) in [6, 6.07) is 3.48. The Kier molecular flexibility index (Phi) is 6.17. The van der Waals surface area contributed by atoms with E-state index in [4.69, 9.17) is 22.1 Å². The molecule has 0 spiro atoms. The first-order chi connectivity index (χ1) is 8.24. The average molecular weight is 257 g/mol. The van der Waals surface area contributed by atoms with E-state index in [9.17, 15) is 0 Å². The van der Waals surface area contributed by atoms with Crippen LogP contribution in [0.4, 0.5) is 0 Å². The number of aromatic nitrogens is 1. The minimum absolute atomic E-state index is 0.430. The lowest BCUT2D eigenvalue weighted by Crippen LogP contribution is -2.34. The number of aliphatic imine (C=N–C) groups is 1. The summed E-state index contributed by atoms with van der Waals surface area (Å²) in [5.74, 6) is 0.864. The third-order valence-electron chi connectivity index (χ3n) is 1.88. The van der Waals surface area contributed by atoms with E-state index in [0.717, 1.165) is 13.0 Å². The SMILES string of the molecule is CCCN=C(N)NCCOc1ncccc1Cl. The summed E-state index contributed by atoms with van der Waals surface area (Å²) in [5.41, 5.74) is 5.61. The summed E-state index contributed by atoms with van der Waals surface area (Å²) in [7, 11) is 0. The highest BCUT2D eigenvalue weighted by Gasteiger charge is 2.00. The molecule has 5 nitrogen and oxygen atoms in total. The highest BCUT2D eigenvalue weighted by atomic mass is 35.5. The molecular formula is C11H17ClN4O. The summed E-state index contributed by atoms with van der Waals surface area (Å²) in [6.45, 7) is 3.76. The fraction of sp³-hybridized carbons (Fsp3) is 0.455. The molecule has 0 unspecified atom stereocenters. The normalized spacial score (nSPS) is 11.3. The van der Waals surface area contributed by atoms with E-state index in [1.54, 1.807) is 18.3 Å². The zero-order valence-corrected chi connectivity index (χ0v) is 10.6. The first-order valence-corrected chi connectivity index (χ1v) is 5.89. The standard InChI is InChI=1S/C11H17ClN4O/c1-2-5-15-11(13)16-7-8-17-10-9(12)4-3-6-14-10/h3-4,6H,2,5,7-8H2,1H3,(H3,13,15,16). The van der Waals surface area contributed by atoms with Crippen LogP contribution >= 0.6 is 11.6 Å². The van der Waals surface area contributed by atoms with Gasteiger partial charge in [-0.25, -0.2) is 4.98 Å². The van der Waals surface area contributed by atoms with Gasteiger partial charge in [0.05, 0.1) is 6.54 Å². The number of hydrogen-bond acceptors (Lipinski definition) is 3. The highest BCUT2D eigenvalue weighted by molar-refractivity contribution is 6.31. The average Bonchev–Trinajstić information content (AvgIpc) is 2.34. The molecule has 0 aliphatic carbocycles. The van der Waals surface area contributed by atoms with Crippen LogP contribution in [0.3, 0.4) is 0 Å².